The van der Waals surface area contributed by atoms with Crippen molar-refractivity contribution in [2.24, 2.45) is 11.8 Å². The van der Waals surface area contributed by atoms with E-state index in [2.05, 4.69) is 6.92 Å². The fourth-order valence-corrected chi connectivity index (χ4v) is 3.07. The van der Waals surface area contributed by atoms with Crippen LogP contribution in [-0.2, 0) is 19.1 Å². The Labute approximate surface area is 115 Å². The Morgan fingerprint density at radius 1 is 1.21 bits per heavy atom. The van der Waals surface area contributed by atoms with Gasteiger partial charge in [-0.25, -0.2) is 0 Å². The molecule has 3 unspecified atom stereocenters. The molecule has 0 saturated heterocycles. The van der Waals surface area contributed by atoms with E-state index in [1.54, 1.807) is 0 Å². The Hall–Kier alpha value is -1.06. The lowest BCUT2D eigenvalue weighted by Crippen LogP contribution is -2.25. The first-order valence-corrected chi connectivity index (χ1v) is 7.32. The van der Waals surface area contributed by atoms with Crippen molar-refractivity contribution >= 4 is 11.9 Å². The van der Waals surface area contributed by atoms with Crippen LogP contribution in [-0.4, -0.2) is 25.2 Å². The standard InChI is InChI=1S/C15H26O4/c1-4-5-6-7-13-12(10-15(17)18-3)8-9-14(13)19-11(2)16/h12-14H,4-10H2,1-3H3. The molecule has 0 heterocycles. The molecule has 3 atom stereocenters. The number of carbonyl (C=O) groups is 2. The van der Waals surface area contributed by atoms with E-state index in [9.17, 15) is 9.59 Å². The summed E-state index contributed by atoms with van der Waals surface area (Å²) in [4.78, 5) is 22.6. The molecule has 0 radical (unpaired) electrons. The highest BCUT2D eigenvalue weighted by molar-refractivity contribution is 5.69. The number of esters is 2. The highest BCUT2D eigenvalue weighted by Crippen LogP contribution is 2.39. The molecule has 4 nitrogen and oxygen atoms in total. The van der Waals surface area contributed by atoms with Crippen LogP contribution < -0.4 is 0 Å². The predicted molar refractivity (Wildman–Crippen MR) is 72.5 cm³/mol. The molecule has 110 valence electrons. The van der Waals surface area contributed by atoms with Crippen LogP contribution in [0.4, 0.5) is 0 Å². The Morgan fingerprint density at radius 2 is 1.95 bits per heavy atom. The van der Waals surface area contributed by atoms with Gasteiger partial charge in [0.2, 0.25) is 0 Å². The maximum atomic E-state index is 11.4. The summed E-state index contributed by atoms with van der Waals surface area (Å²) in [6.07, 6.45) is 6.79. The second-order valence-electron chi connectivity index (χ2n) is 5.43. The van der Waals surface area contributed by atoms with Gasteiger partial charge in [-0.05, 0) is 31.1 Å². The summed E-state index contributed by atoms with van der Waals surface area (Å²) in [6.45, 7) is 3.63. The molecule has 0 aromatic rings. The van der Waals surface area contributed by atoms with Gasteiger partial charge in [0.05, 0.1) is 7.11 Å². The van der Waals surface area contributed by atoms with Crippen LogP contribution in [0.25, 0.3) is 0 Å². The lowest BCUT2D eigenvalue weighted by Gasteiger charge is -2.24. The summed E-state index contributed by atoms with van der Waals surface area (Å²) in [6, 6.07) is 0. The molecular formula is C15H26O4. The Kier molecular flexibility index (Phi) is 6.89. The predicted octanol–water partition coefficient (Wildman–Crippen LogP) is 3.09. The number of unbranched alkanes of at least 4 members (excludes halogenated alkanes) is 2. The molecule has 4 heteroatoms. The highest BCUT2D eigenvalue weighted by Gasteiger charge is 2.38. The van der Waals surface area contributed by atoms with Gasteiger partial charge < -0.3 is 9.47 Å². The SMILES string of the molecule is CCCCCC1C(CC(=O)OC)CCC1OC(C)=O. The van der Waals surface area contributed by atoms with E-state index < -0.39 is 0 Å². The van der Waals surface area contributed by atoms with E-state index in [1.165, 1.54) is 26.9 Å². The van der Waals surface area contributed by atoms with Crippen molar-refractivity contribution in [3.8, 4) is 0 Å². The molecule has 0 aromatic heterocycles. The fraction of sp³-hybridized carbons (Fsp3) is 0.867. The topological polar surface area (TPSA) is 52.6 Å². The third-order valence-electron chi connectivity index (χ3n) is 4.02. The molecule has 1 aliphatic carbocycles. The Bertz CT molecular complexity index is 301. The first-order chi connectivity index (χ1) is 9.08. The normalized spacial score (nSPS) is 26.2. The zero-order chi connectivity index (χ0) is 14.3. The molecule has 1 fully saturated rings. The van der Waals surface area contributed by atoms with Crippen molar-refractivity contribution < 1.29 is 19.1 Å². The quantitative estimate of drug-likeness (QED) is 0.527. The average Bonchev–Trinajstić information content (AvgIpc) is 2.72. The van der Waals surface area contributed by atoms with Gasteiger partial charge in [-0.15, -0.1) is 0 Å². The number of rotatable bonds is 7. The molecule has 0 spiro atoms. The van der Waals surface area contributed by atoms with Crippen LogP contribution in [0, 0.1) is 11.8 Å². The molecular weight excluding hydrogens is 244 g/mol. The minimum Gasteiger partial charge on any atom is -0.469 e. The summed E-state index contributed by atoms with van der Waals surface area (Å²) >= 11 is 0. The molecule has 19 heavy (non-hydrogen) atoms. The summed E-state index contributed by atoms with van der Waals surface area (Å²) in [5.74, 6) is 0.237. The first-order valence-electron chi connectivity index (χ1n) is 7.32. The molecule has 0 bridgehead atoms. The summed E-state index contributed by atoms with van der Waals surface area (Å²) in [5.41, 5.74) is 0. The zero-order valence-electron chi connectivity index (χ0n) is 12.3. The minimum atomic E-state index is -0.218. The third kappa shape index (κ3) is 5.21. The van der Waals surface area contributed by atoms with Crippen molar-refractivity contribution in [1.82, 2.24) is 0 Å². The summed E-state index contributed by atoms with van der Waals surface area (Å²) in [5, 5.41) is 0. The van der Waals surface area contributed by atoms with Crippen LogP contribution in [0.5, 0.6) is 0 Å². The van der Waals surface area contributed by atoms with Crippen molar-refractivity contribution in [2.45, 2.75) is 64.9 Å². The van der Waals surface area contributed by atoms with Crippen molar-refractivity contribution in [3.63, 3.8) is 0 Å². The Balaban J connectivity index is 2.58. The maximum Gasteiger partial charge on any atom is 0.305 e. The van der Waals surface area contributed by atoms with Crippen molar-refractivity contribution in [3.05, 3.63) is 0 Å². The van der Waals surface area contributed by atoms with Crippen molar-refractivity contribution in [2.75, 3.05) is 7.11 Å². The number of hydrogen-bond donors (Lipinski definition) is 0. The second-order valence-corrected chi connectivity index (χ2v) is 5.43. The van der Waals surface area contributed by atoms with Gasteiger partial charge >= 0.3 is 11.9 Å². The largest absolute Gasteiger partial charge is 0.469 e. The van der Waals surface area contributed by atoms with Gasteiger partial charge in [-0.1, -0.05) is 26.2 Å². The van der Waals surface area contributed by atoms with Gasteiger partial charge in [0.15, 0.2) is 0 Å². The number of carbonyl (C=O) groups excluding carboxylic acids is 2. The van der Waals surface area contributed by atoms with E-state index in [0.717, 1.165) is 25.7 Å². The van der Waals surface area contributed by atoms with Gasteiger partial charge in [-0.2, -0.15) is 0 Å². The van der Waals surface area contributed by atoms with Crippen LogP contribution in [0.2, 0.25) is 0 Å². The molecule has 1 aliphatic rings. The van der Waals surface area contributed by atoms with Gasteiger partial charge in [0, 0.05) is 13.3 Å². The van der Waals surface area contributed by atoms with Crippen LogP contribution in [0.1, 0.15) is 58.8 Å². The lowest BCUT2D eigenvalue weighted by molar-refractivity contribution is -0.148. The second kappa shape index (κ2) is 8.18. The first kappa shape index (κ1) is 16.0. The molecule has 0 N–H and O–H groups in total. The Morgan fingerprint density at radius 3 is 2.53 bits per heavy atom. The van der Waals surface area contributed by atoms with E-state index in [-0.39, 0.29) is 18.0 Å². The summed E-state index contributed by atoms with van der Waals surface area (Å²) in [7, 11) is 1.42. The molecule has 0 amide bonds. The number of ether oxygens (including phenoxy) is 2. The van der Waals surface area contributed by atoms with E-state index in [0.29, 0.717) is 18.3 Å². The average molecular weight is 270 g/mol. The van der Waals surface area contributed by atoms with Crippen LogP contribution >= 0.6 is 0 Å². The van der Waals surface area contributed by atoms with E-state index >= 15 is 0 Å². The van der Waals surface area contributed by atoms with E-state index in [4.69, 9.17) is 9.47 Å². The van der Waals surface area contributed by atoms with Gasteiger partial charge in [-0.3, -0.25) is 9.59 Å². The molecule has 1 saturated carbocycles. The maximum absolute atomic E-state index is 11.4. The fourth-order valence-electron chi connectivity index (χ4n) is 3.07. The number of hydrogen-bond acceptors (Lipinski definition) is 4. The van der Waals surface area contributed by atoms with Crippen LogP contribution in [0.3, 0.4) is 0 Å². The lowest BCUT2D eigenvalue weighted by atomic mass is 9.87. The highest BCUT2D eigenvalue weighted by atomic mass is 16.5. The van der Waals surface area contributed by atoms with Crippen molar-refractivity contribution in [1.29, 1.82) is 0 Å². The zero-order valence-corrected chi connectivity index (χ0v) is 12.3. The third-order valence-corrected chi connectivity index (χ3v) is 4.02. The molecule has 1 rings (SSSR count). The minimum absolute atomic E-state index is 0.0102. The molecule has 0 aliphatic heterocycles. The molecule has 0 aromatic carbocycles. The van der Waals surface area contributed by atoms with Gasteiger partial charge in [0.25, 0.3) is 0 Å². The summed E-state index contributed by atoms with van der Waals surface area (Å²) < 4.78 is 10.2. The number of methoxy groups -OCH3 is 1. The van der Waals surface area contributed by atoms with Gasteiger partial charge in [0.1, 0.15) is 6.10 Å². The van der Waals surface area contributed by atoms with E-state index in [1.807, 2.05) is 0 Å². The van der Waals surface area contributed by atoms with Crippen LogP contribution in [0.15, 0.2) is 0 Å². The smallest absolute Gasteiger partial charge is 0.305 e. The monoisotopic (exact) mass is 270 g/mol.